The highest BCUT2D eigenvalue weighted by Crippen LogP contribution is 2.26. The number of nitrogens with one attached hydrogen (secondary N) is 2. The molecule has 1 amide bonds. The molecule has 0 fully saturated rings. The molecule has 3 rings (SSSR count). The van der Waals surface area contributed by atoms with Gasteiger partial charge in [0, 0.05) is 11.4 Å². The number of amides is 1. The van der Waals surface area contributed by atoms with Gasteiger partial charge in [0.05, 0.1) is 12.8 Å². The van der Waals surface area contributed by atoms with Crippen molar-refractivity contribution in [3.05, 3.63) is 71.0 Å². The van der Waals surface area contributed by atoms with Gasteiger partial charge in [-0.15, -0.1) is 0 Å². The highest BCUT2D eigenvalue weighted by Gasteiger charge is 2.13. The number of ether oxygens (including phenoxy) is 1. The second kappa shape index (κ2) is 7.86. The van der Waals surface area contributed by atoms with Crippen LogP contribution in [0.3, 0.4) is 0 Å². The van der Waals surface area contributed by atoms with E-state index in [0.29, 0.717) is 23.1 Å². The van der Waals surface area contributed by atoms with Crippen LogP contribution in [-0.4, -0.2) is 23.0 Å². The molecule has 0 saturated heterocycles. The van der Waals surface area contributed by atoms with Crippen molar-refractivity contribution < 1.29 is 9.53 Å². The van der Waals surface area contributed by atoms with Crippen molar-refractivity contribution in [2.45, 2.75) is 20.8 Å². The molecule has 0 radical (unpaired) electrons. The molecular weight excluding hydrogens is 340 g/mol. The zero-order valence-corrected chi connectivity index (χ0v) is 15.8. The predicted octanol–water partition coefficient (Wildman–Crippen LogP) is 4.41. The van der Waals surface area contributed by atoms with E-state index in [-0.39, 0.29) is 5.91 Å². The minimum Gasteiger partial charge on any atom is -0.495 e. The molecule has 1 aromatic heterocycles. The number of hydrogen-bond donors (Lipinski definition) is 2. The smallest absolute Gasteiger partial charge is 0.274 e. The quantitative estimate of drug-likeness (QED) is 0.703. The molecule has 0 aliphatic carbocycles. The van der Waals surface area contributed by atoms with E-state index < -0.39 is 0 Å². The third-order valence-electron chi connectivity index (χ3n) is 4.29. The van der Waals surface area contributed by atoms with Gasteiger partial charge in [0.25, 0.3) is 5.91 Å². The van der Waals surface area contributed by atoms with E-state index in [1.54, 1.807) is 13.2 Å². The number of para-hydroxylation sites is 2. The molecule has 0 spiro atoms. The first-order valence-electron chi connectivity index (χ1n) is 8.61. The number of hydrogen-bond acceptors (Lipinski definition) is 5. The second-order valence-corrected chi connectivity index (χ2v) is 6.25. The summed E-state index contributed by atoms with van der Waals surface area (Å²) in [5.41, 5.74) is 4.63. The molecule has 6 heteroatoms. The highest BCUT2D eigenvalue weighted by atomic mass is 16.5. The average Bonchev–Trinajstić information content (AvgIpc) is 2.65. The number of aryl methyl sites for hydroxylation is 2. The number of rotatable bonds is 5. The Morgan fingerprint density at radius 1 is 0.963 bits per heavy atom. The predicted molar refractivity (Wildman–Crippen MR) is 107 cm³/mol. The normalized spacial score (nSPS) is 10.4. The van der Waals surface area contributed by atoms with Gasteiger partial charge in [-0.2, -0.15) is 0 Å². The minimum absolute atomic E-state index is 0.280. The van der Waals surface area contributed by atoms with E-state index in [0.717, 1.165) is 22.5 Å². The van der Waals surface area contributed by atoms with Crippen molar-refractivity contribution in [1.29, 1.82) is 0 Å². The van der Waals surface area contributed by atoms with Crippen LogP contribution in [0.1, 0.15) is 27.3 Å². The van der Waals surface area contributed by atoms with Gasteiger partial charge in [0.15, 0.2) is 0 Å². The second-order valence-electron chi connectivity index (χ2n) is 6.25. The van der Waals surface area contributed by atoms with Crippen molar-refractivity contribution >= 4 is 23.2 Å². The van der Waals surface area contributed by atoms with Gasteiger partial charge in [-0.25, -0.2) is 9.97 Å². The third-order valence-corrected chi connectivity index (χ3v) is 4.29. The van der Waals surface area contributed by atoms with Crippen molar-refractivity contribution in [1.82, 2.24) is 9.97 Å². The number of benzene rings is 2. The van der Waals surface area contributed by atoms with E-state index in [1.165, 1.54) is 0 Å². The van der Waals surface area contributed by atoms with Crippen LogP contribution in [0.25, 0.3) is 0 Å². The first kappa shape index (κ1) is 18.4. The summed E-state index contributed by atoms with van der Waals surface area (Å²) in [7, 11) is 1.60. The van der Waals surface area contributed by atoms with E-state index in [1.807, 2.05) is 63.2 Å². The Balaban J connectivity index is 1.86. The maximum absolute atomic E-state index is 12.7. The number of carbonyl (C=O) groups excluding carboxylic acids is 1. The van der Waals surface area contributed by atoms with Crippen LogP contribution < -0.4 is 15.4 Å². The molecule has 138 valence electrons. The fraction of sp³-hybridized carbons (Fsp3) is 0.190. The van der Waals surface area contributed by atoms with E-state index in [9.17, 15) is 4.79 Å². The summed E-state index contributed by atoms with van der Waals surface area (Å²) < 4.78 is 5.33. The Labute approximate surface area is 158 Å². The fourth-order valence-electron chi connectivity index (χ4n) is 2.68. The minimum atomic E-state index is -0.280. The van der Waals surface area contributed by atoms with E-state index >= 15 is 0 Å². The number of nitrogens with zero attached hydrogens (tertiary/aromatic N) is 2. The molecule has 3 aromatic rings. The SMILES string of the molecule is COc1ccccc1Nc1nc(C)cc(C(=O)Nc2cccc(C)c2C)n1. The summed E-state index contributed by atoms with van der Waals surface area (Å²) >= 11 is 0. The van der Waals surface area contributed by atoms with Gasteiger partial charge in [-0.05, 0) is 56.2 Å². The van der Waals surface area contributed by atoms with Crippen LogP contribution in [0.2, 0.25) is 0 Å². The molecule has 1 heterocycles. The fourth-order valence-corrected chi connectivity index (χ4v) is 2.68. The number of anilines is 3. The number of aromatic nitrogens is 2. The van der Waals surface area contributed by atoms with Crippen LogP contribution in [0, 0.1) is 20.8 Å². The molecule has 0 bridgehead atoms. The third kappa shape index (κ3) is 4.23. The Hall–Kier alpha value is -3.41. The molecule has 6 nitrogen and oxygen atoms in total. The topological polar surface area (TPSA) is 76.1 Å². The van der Waals surface area contributed by atoms with Crippen molar-refractivity contribution in [3.8, 4) is 5.75 Å². The molecule has 0 atom stereocenters. The van der Waals surface area contributed by atoms with Crippen LogP contribution in [0.4, 0.5) is 17.3 Å². The Morgan fingerprint density at radius 2 is 1.70 bits per heavy atom. The molecular formula is C21H22N4O2. The monoisotopic (exact) mass is 362 g/mol. The van der Waals surface area contributed by atoms with Gasteiger partial charge < -0.3 is 15.4 Å². The Kier molecular flexibility index (Phi) is 5.35. The first-order chi connectivity index (χ1) is 13.0. The molecule has 0 aliphatic heterocycles. The van der Waals surface area contributed by atoms with Crippen molar-refractivity contribution in [2.24, 2.45) is 0 Å². The summed E-state index contributed by atoms with van der Waals surface area (Å²) in [6.07, 6.45) is 0. The molecule has 2 aromatic carbocycles. The van der Waals surface area contributed by atoms with Gasteiger partial charge in [-0.1, -0.05) is 24.3 Å². The van der Waals surface area contributed by atoms with E-state index in [4.69, 9.17) is 4.74 Å². The lowest BCUT2D eigenvalue weighted by molar-refractivity contribution is 0.102. The van der Waals surface area contributed by atoms with Crippen LogP contribution in [-0.2, 0) is 0 Å². The molecule has 2 N–H and O–H groups in total. The van der Waals surface area contributed by atoms with Gasteiger partial charge in [0.2, 0.25) is 5.95 Å². The summed E-state index contributed by atoms with van der Waals surface area (Å²) in [5.74, 6) is 0.729. The summed E-state index contributed by atoms with van der Waals surface area (Å²) in [6, 6.07) is 14.9. The average molecular weight is 362 g/mol. The summed E-state index contributed by atoms with van der Waals surface area (Å²) in [4.78, 5) is 21.4. The molecule has 0 aliphatic rings. The number of methoxy groups -OCH3 is 1. The standard InChI is InChI=1S/C21H22N4O2/c1-13-8-7-10-16(15(13)3)23-20(26)18-12-14(2)22-21(25-18)24-17-9-5-6-11-19(17)27-4/h5-12H,1-4H3,(H,23,26)(H,22,24,25). The summed E-state index contributed by atoms with van der Waals surface area (Å²) in [6.45, 7) is 5.81. The largest absolute Gasteiger partial charge is 0.495 e. The maximum Gasteiger partial charge on any atom is 0.274 e. The lowest BCUT2D eigenvalue weighted by Gasteiger charge is -2.12. The first-order valence-corrected chi connectivity index (χ1v) is 8.61. The van der Waals surface area contributed by atoms with Crippen molar-refractivity contribution in [3.63, 3.8) is 0 Å². The Morgan fingerprint density at radius 3 is 2.48 bits per heavy atom. The van der Waals surface area contributed by atoms with E-state index in [2.05, 4.69) is 20.6 Å². The van der Waals surface area contributed by atoms with Gasteiger partial charge >= 0.3 is 0 Å². The van der Waals surface area contributed by atoms with Crippen LogP contribution >= 0.6 is 0 Å². The van der Waals surface area contributed by atoms with Crippen molar-refractivity contribution in [2.75, 3.05) is 17.7 Å². The van der Waals surface area contributed by atoms with Gasteiger partial charge in [-0.3, -0.25) is 4.79 Å². The van der Waals surface area contributed by atoms with Gasteiger partial charge in [0.1, 0.15) is 11.4 Å². The summed E-state index contributed by atoms with van der Waals surface area (Å²) in [5, 5.41) is 6.04. The maximum atomic E-state index is 12.7. The number of carbonyl (C=O) groups is 1. The molecule has 0 saturated carbocycles. The lowest BCUT2D eigenvalue weighted by atomic mass is 10.1. The zero-order valence-electron chi connectivity index (χ0n) is 15.8. The molecule has 27 heavy (non-hydrogen) atoms. The van der Waals surface area contributed by atoms with Crippen LogP contribution in [0.5, 0.6) is 5.75 Å². The Bertz CT molecular complexity index is 986. The molecule has 0 unspecified atom stereocenters. The lowest BCUT2D eigenvalue weighted by Crippen LogP contribution is -2.16. The zero-order chi connectivity index (χ0) is 19.4. The highest BCUT2D eigenvalue weighted by molar-refractivity contribution is 6.03. The van der Waals surface area contributed by atoms with Crippen LogP contribution in [0.15, 0.2) is 48.5 Å².